The first kappa shape index (κ1) is 13.6. The van der Waals surface area contributed by atoms with Gasteiger partial charge in [0.05, 0.1) is 6.54 Å². The van der Waals surface area contributed by atoms with Crippen molar-refractivity contribution in [2.24, 2.45) is 10.3 Å². The van der Waals surface area contributed by atoms with Crippen LogP contribution in [0.1, 0.15) is 5.56 Å². The van der Waals surface area contributed by atoms with Crippen molar-refractivity contribution in [3.8, 4) is 0 Å². The van der Waals surface area contributed by atoms with Gasteiger partial charge in [-0.3, -0.25) is 0 Å². The summed E-state index contributed by atoms with van der Waals surface area (Å²) in [5.74, 6) is -4.93. The van der Waals surface area contributed by atoms with Crippen LogP contribution in [0.4, 0.5) is 26.3 Å². The summed E-state index contributed by atoms with van der Waals surface area (Å²) in [7, 11) is 0. The predicted octanol–water partition coefficient (Wildman–Crippen LogP) is 3.69. The fourth-order valence-corrected chi connectivity index (χ4v) is 1.61. The third-order valence-corrected chi connectivity index (χ3v) is 2.58. The van der Waals surface area contributed by atoms with E-state index in [4.69, 9.17) is 0 Å². The van der Waals surface area contributed by atoms with Crippen molar-refractivity contribution in [2.45, 2.75) is 24.6 Å². The van der Waals surface area contributed by atoms with Gasteiger partial charge in [0.15, 0.2) is 0 Å². The van der Waals surface area contributed by atoms with Gasteiger partial charge in [0.1, 0.15) is 0 Å². The van der Waals surface area contributed by atoms with Gasteiger partial charge >= 0.3 is 18.0 Å². The molecular weight excluding hydrogens is 276 g/mol. The molecule has 0 aromatic heterocycles. The van der Waals surface area contributed by atoms with Crippen LogP contribution < -0.4 is 0 Å². The van der Waals surface area contributed by atoms with Gasteiger partial charge in [0, 0.05) is 0 Å². The topological polar surface area (TPSA) is 28.0 Å². The number of nitrogens with zero attached hydrogens (tertiary/aromatic N) is 3. The standard InChI is InChI=1S/C10H7F6N3/c11-8(9(12,13)14)10(15,16)17-18-19(8)6-7-4-2-1-3-5-7/h1-5H,6H2. The monoisotopic (exact) mass is 283 g/mol. The van der Waals surface area contributed by atoms with E-state index >= 15 is 0 Å². The molecule has 1 heterocycles. The van der Waals surface area contributed by atoms with Crippen LogP contribution in [0.5, 0.6) is 0 Å². The average Bonchev–Trinajstić information content (AvgIpc) is 2.55. The summed E-state index contributed by atoms with van der Waals surface area (Å²) in [6, 6.07) is 2.30. The molecule has 1 aliphatic rings. The zero-order valence-corrected chi connectivity index (χ0v) is 9.20. The van der Waals surface area contributed by atoms with Gasteiger partial charge < -0.3 is 0 Å². The van der Waals surface area contributed by atoms with Gasteiger partial charge in [0.2, 0.25) is 0 Å². The molecule has 0 amide bonds. The maximum atomic E-state index is 13.8. The van der Waals surface area contributed by atoms with Crippen molar-refractivity contribution in [3.63, 3.8) is 0 Å². The highest BCUT2D eigenvalue weighted by molar-refractivity contribution is 5.15. The first-order valence-electron chi connectivity index (χ1n) is 5.06. The van der Waals surface area contributed by atoms with E-state index in [0.717, 1.165) is 0 Å². The highest BCUT2D eigenvalue weighted by atomic mass is 19.4. The van der Waals surface area contributed by atoms with Crippen molar-refractivity contribution in [3.05, 3.63) is 35.9 Å². The minimum absolute atomic E-state index is 0.199. The molecule has 1 atom stereocenters. The maximum absolute atomic E-state index is 13.8. The molecule has 9 heteroatoms. The number of hydrogen-bond donors (Lipinski definition) is 0. The molecule has 0 saturated carbocycles. The van der Waals surface area contributed by atoms with E-state index in [9.17, 15) is 26.3 Å². The fourth-order valence-electron chi connectivity index (χ4n) is 1.61. The highest BCUT2D eigenvalue weighted by Gasteiger charge is 2.78. The second-order valence-corrected chi connectivity index (χ2v) is 3.89. The molecule has 104 valence electrons. The molecule has 0 aliphatic carbocycles. The van der Waals surface area contributed by atoms with Gasteiger partial charge in [-0.2, -0.15) is 26.3 Å². The highest BCUT2D eigenvalue weighted by Crippen LogP contribution is 2.52. The second kappa shape index (κ2) is 4.10. The number of halogens is 6. The molecule has 0 radical (unpaired) electrons. The Morgan fingerprint density at radius 2 is 1.63 bits per heavy atom. The molecule has 0 saturated heterocycles. The maximum Gasteiger partial charge on any atom is 0.452 e. The lowest BCUT2D eigenvalue weighted by atomic mass is 10.1. The molecule has 0 N–H and O–H groups in total. The van der Waals surface area contributed by atoms with Crippen molar-refractivity contribution >= 4 is 0 Å². The van der Waals surface area contributed by atoms with Crippen LogP contribution in [0.2, 0.25) is 0 Å². The molecular formula is C10H7F6N3. The average molecular weight is 283 g/mol. The third kappa shape index (κ3) is 2.02. The molecule has 0 fully saturated rings. The molecule has 1 unspecified atom stereocenters. The Hall–Kier alpha value is -1.80. The van der Waals surface area contributed by atoms with Crippen LogP contribution in [0, 0.1) is 0 Å². The van der Waals surface area contributed by atoms with Crippen LogP contribution in [-0.4, -0.2) is 23.0 Å². The van der Waals surface area contributed by atoms with Crippen molar-refractivity contribution < 1.29 is 26.3 Å². The van der Waals surface area contributed by atoms with E-state index in [1.807, 2.05) is 0 Å². The number of hydrogen-bond acceptors (Lipinski definition) is 3. The number of benzene rings is 1. The summed E-state index contributed by atoms with van der Waals surface area (Å²) in [4.78, 5) is 0. The van der Waals surface area contributed by atoms with E-state index in [2.05, 4.69) is 10.3 Å². The third-order valence-electron chi connectivity index (χ3n) is 2.58. The predicted molar refractivity (Wildman–Crippen MR) is 51.7 cm³/mol. The van der Waals surface area contributed by atoms with Crippen LogP contribution in [-0.2, 0) is 6.54 Å². The minimum Gasteiger partial charge on any atom is -0.223 e. The van der Waals surface area contributed by atoms with Gasteiger partial charge in [-0.1, -0.05) is 40.7 Å². The first-order chi connectivity index (χ1) is 8.68. The van der Waals surface area contributed by atoms with Crippen molar-refractivity contribution in [2.75, 3.05) is 0 Å². The summed E-state index contributed by atoms with van der Waals surface area (Å²) in [5.41, 5.74) is 0.199. The van der Waals surface area contributed by atoms with E-state index in [-0.39, 0.29) is 10.6 Å². The lowest BCUT2D eigenvalue weighted by Gasteiger charge is -2.32. The van der Waals surface area contributed by atoms with Gasteiger partial charge in [-0.05, 0) is 5.56 Å². The molecule has 0 bridgehead atoms. The van der Waals surface area contributed by atoms with Crippen LogP contribution in [0.15, 0.2) is 40.7 Å². The lowest BCUT2D eigenvalue weighted by Crippen LogP contribution is -2.60. The van der Waals surface area contributed by atoms with Gasteiger partial charge in [-0.25, -0.2) is 5.01 Å². The first-order valence-corrected chi connectivity index (χ1v) is 5.06. The molecule has 2 rings (SSSR count). The number of alkyl halides is 6. The molecule has 1 aromatic rings. The minimum atomic E-state index is -5.82. The zero-order chi connectivity index (χ0) is 14.3. The number of rotatable bonds is 2. The summed E-state index contributed by atoms with van der Waals surface area (Å²) in [5, 5.41) is 4.32. The summed E-state index contributed by atoms with van der Waals surface area (Å²) >= 11 is 0. The smallest absolute Gasteiger partial charge is 0.223 e. The molecule has 1 aliphatic heterocycles. The lowest BCUT2D eigenvalue weighted by molar-refractivity contribution is -0.339. The van der Waals surface area contributed by atoms with Gasteiger partial charge in [0.25, 0.3) is 0 Å². The van der Waals surface area contributed by atoms with E-state index in [1.54, 1.807) is 6.07 Å². The van der Waals surface area contributed by atoms with Crippen LogP contribution in [0.3, 0.4) is 0 Å². The van der Waals surface area contributed by atoms with Crippen molar-refractivity contribution in [1.29, 1.82) is 0 Å². The Balaban J connectivity index is 2.33. The fraction of sp³-hybridized carbons (Fsp3) is 0.400. The normalized spacial score (nSPS) is 25.9. The van der Waals surface area contributed by atoms with Crippen LogP contribution >= 0.6 is 0 Å². The Morgan fingerprint density at radius 3 is 2.16 bits per heavy atom. The summed E-state index contributed by atoms with van der Waals surface area (Å²) in [6.45, 7) is -0.768. The zero-order valence-electron chi connectivity index (χ0n) is 9.20. The Kier molecular flexibility index (Phi) is 2.94. The summed E-state index contributed by atoms with van der Waals surface area (Å²) < 4.78 is 77.6. The molecule has 1 aromatic carbocycles. The van der Waals surface area contributed by atoms with E-state index < -0.39 is 24.6 Å². The second-order valence-electron chi connectivity index (χ2n) is 3.89. The van der Waals surface area contributed by atoms with Crippen molar-refractivity contribution in [1.82, 2.24) is 5.01 Å². The Bertz CT molecular complexity index is 486. The van der Waals surface area contributed by atoms with Gasteiger partial charge in [-0.15, -0.1) is 0 Å². The molecule has 19 heavy (non-hydrogen) atoms. The van der Waals surface area contributed by atoms with E-state index in [1.165, 1.54) is 24.3 Å². The summed E-state index contributed by atoms with van der Waals surface area (Å²) in [6.07, 6.45) is -5.82. The molecule has 0 spiro atoms. The Labute approximate surface area is 103 Å². The SMILES string of the molecule is FC(F)(F)C1(F)N(Cc2ccccc2)N=NC1(F)F. The Morgan fingerprint density at radius 1 is 1.05 bits per heavy atom. The molecule has 3 nitrogen and oxygen atoms in total. The van der Waals surface area contributed by atoms with E-state index in [0.29, 0.717) is 0 Å². The largest absolute Gasteiger partial charge is 0.452 e. The quantitative estimate of drug-likeness (QED) is 0.601. The van der Waals surface area contributed by atoms with Crippen LogP contribution in [0.25, 0.3) is 0 Å².